The summed E-state index contributed by atoms with van der Waals surface area (Å²) in [6.07, 6.45) is 0.800. The van der Waals surface area contributed by atoms with E-state index in [4.69, 9.17) is 9.47 Å². The van der Waals surface area contributed by atoms with Gasteiger partial charge < -0.3 is 14.8 Å². The van der Waals surface area contributed by atoms with Crippen molar-refractivity contribution in [1.82, 2.24) is 14.9 Å². The summed E-state index contributed by atoms with van der Waals surface area (Å²) >= 11 is 0. The van der Waals surface area contributed by atoms with E-state index in [0.717, 1.165) is 28.1 Å². The monoisotopic (exact) mass is 373 g/mol. The van der Waals surface area contributed by atoms with Crippen molar-refractivity contribution < 1.29 is 18.3 Å². The Kier molecular flexibility index (Phi) is 4.94. The van der Waals surface area contributed by atoms with Crippen LogP contribution < -0.4 is 14.8 Å². The Morgan fingerprint density at radius 3 is 2.67 bits per heavy atom. The predicted octanol–water partition coefficient (Wildman–Crippen LogP) is 4.44. The molecule has 0 fully saturated rings. The van der Waals surface area contributed by atoms with Crippen molar-refractivity contribution in [2.75, 3.05) is 13.2 Å². The van der Waals surface area contributed by atoms with Crippen LogP contribution in [0.1, 0.15) is 37.3 Å². The smallest absolute Gasteiger partial charge is 0.320 e. The highest BCUT2D eigenvalue weighted by Crippen LogP contribution is 2.33. The van der Waals surface area contributed by atoms with Crippen LogP contribution in [0.25, 0.3) is 11.0 Å². The van der Waals surface area contributed by atoms with E-state index in [9.17, 15) is 8.78 Å². The third-order valence-corrected chi connectivity index (χ3v) is 4.75. The largest absolute Gasteiger partial charge is 0.486 e. The second-order valence-electron chi connectivity index (χ2n) is 6.41. The molecule has 27 heavy (non-hydrogen) atoms. The normalized spacial score (nSPS) is 14.7. The molecular weight excluding hydrogens is 352 g/mol. The highest BCUT2D eigenvalue weighted by molar-refractivity contribution is 5.75. The van der Waals surface area contributed by atoms with Gasteiger partial charge in [-0.15, -0.1) is 0 Å². The molecule has 1 N–H and O–H groups in total. The molecule has 1 aliphatic rings. The minimum absolute atomic E-state index is 0.00763. The zero-order valence-corrected chi connectivity index (χ0v) is 15.0. The van der Waals surface area contributed by atoms with Crippen LogP contribution in [0.2, 0.25) is 0 Å². The van der Waals surface area contributed by atoms with Crippen LogP contribution >= 0.6 is 0 Å². The maximum absolute atomic E-state index is 13.6. The fourth-order valence-corrected chi connectivity index (χ4v) is 3.43. The Balaban J connectivity index is 1.57. The molecular formula is C20H21F2N3O2. The predicted molar refractivity (Wildman–Crippen MR) is 98.3 cm³/mol. The number of imidazole rings is 1. The van der Waals surface area contributed by atoms with E-state index < -0.39 is 6.55 Å². The lowest BCUT2D eigenvalue weighted by Gasteiger charge is -2.22. The number of rotatable bonds is 6. The Morgan fingerprint density at radius 2 is 1.89 bits per heavy atom. The van der Waals surface area contributed by atoms with Crippen LogP contribution in [0, 0.1) is 0 Å². The van der Waals surface area contributed by atoms with Gasteiger partial charge in [0.15, 0.2) is 11.5 Å². The fourth-order valence-electron chi connectivity index (χ4n) is 3.43. The van der Waals surface area contributed by atoms with Crippen LogP contribution in [0.5, 0.6) is 11.5 Å². The molecule has 0 radical (unpaired) electrons. The number of benzene rings is 2. The fraction of sp³-hybridized carbons (Fsp3) is 0.350. The first kappa shape index (κ1) is 17.7. The number of ether oxygens (including phenoxy) is 2. The van der Waals surface area contributed by atoms with Crippen molar-refractivity contribution in [3.63, 3.8) is 0 Å². The summed E-state index contributed by atoms with van der Waals surface area (Å²) in [5.74, 6) is 1.78. The molecule has 1 aromatic heterocycles. The van der Waals surface area contributed by atoms with Crippen molar-refractivity contribution in [2.24, 2.45) is 0 Å². The first-order chi connectivity index (χ1) is 13.2. The minimum atomic E-state index is -2.64. The number of aromatic nitrogens is 2. The van der Waals surface area contributed by atoms with Gasteiger partial charge in [-0.25, -0.2) is 4.98 Å². The number of halogens is 2. The van der Waals surface area contributed by atoms with Gasteiger partial charge in [-0.1, -0.05) is 25.1 Å². The molecule has 2 heterocycles. The molecule has 1 atom stereocenters. The van der Waals surface area contributed by atoms with Crippen molar-refractivity contribution in [2.45, 2.75) is 32.5 Å². The van der Waals surface area contributed by atoms with Gasteiger partial charge >= 0.3 is 6.55 Å². The number of nitrogens with zero attached hydrogens (tertiary/aromatic N) is 2. The summed E-state index contributed by atoms with van der Waals surface area (Å²) in [7, 11) is 0. The maximum atomic E-state index is 13.6. The van der Waals surface area contributed by atoms with Gasteiger partial charge in [0.25, 0.3) is 0 Å². The zero-order valence-electron chi connectivity index (χ0n) is 15.0. The standard InChI is InChI=1S/C20H21F2N3O2/c1-2-14(13-7-8-17-18(11-13)27-10-9-26-17)23-12-19-24-15-5-3-4-6-16(15)25(19)20(21)22/h3-8,11,14,20,23H,2,9-10,12H2,1H3. The first-order valence-electron chi connectivity index (χ1n) is 9.04. The average Bonchev–Trinajstić information content (AvgIpc) is 3.07. The van der Waals surface area contributed by atoms with E-state index >= 15 is 0 Å². The van der Waals surface area contributed by atoms with Crippen LogP contribution in [0.15, 0.2) is 42.5 Å². The number of nitrogens with one attached hydrogen (secondary N) is 1. The third kappa shape index (κ3) is 3.47. The molecule has 0 bridgehead atoms. The topological polar surface area (TPSA) is 48.3 Å². The molecule has 1 aliphatic heterocycles. The summed E-state index contributed by atoms with van der Waals surface area (Å²) in [6.45, 7) is 0.727. The lowest BCUT2D eigenvalue weighted by atomic mass is 10.0. The number of alkyl halides is 2. The van der Waals surface area contributed by atoms with E-state index in [0.29, 0.717) is 30.1 Å². The van der Waals surface area contributed by atoms with Crippen LogP contribution in [0.3, 0.4) is 0 Å². The molecule has 4 rings (SSSR count). The Hall–Kier alpha value is -2.67. The summed E-state index contributed by atoms with van der Waals surface area (Å²) in [5.41, 5.74) is 2.04. The Bertz CT molecular complexity index is 942. The van der Waals surface area contributed by atoms with Crippen molar-refractivity contribution in [3.05, 3.63) is 53.9 Å². The molecule has 1 unspecified atom stereocenters. The maximum Gasteiger partial charge on any atom is 0.320 e. The van der Waals surface area contributed by atoms with Gasteiger partial charge in [-0.3, -0.25) is 4.57 Å². The number of hydrogen-bond acceptors (Lipinski definition) is 4. The number of hydrogen-bond donors (Lipinski definition) is 1. The highest BCUT2D eigenvalue weighted by Gasteiger charge is 2.20. The third-order valence-electron chi connectivity index (χ3n) is 4.75. The van der Waals surface area contributed by atoms with E-state index in [2.05, 4.69) is 10.3 Å². The number of fused-ring (bicyclic) bond motifs is 2. The van der Waals surface area contributed by atoms with E-state index in [-0.39, 0.29) is 12.6 Å². The summed E-state index contributed by atoms with van der Waals surface area (Å²) in [5, 5.41) is 3.35. The SMILES string of the molecule is CCC(NCc1nc2ccccc2n1C(F)F)c1ccc2c(c1)OCCO2. The second kappa shape index (κ2) is 7.52. The molecule has 0 amide bonds. The minimum Gasteiger partial charge on any atom is -0.486 e. The van der Waals surface area contributed by atoms with E-state index in [1.165, 1.54) is 0 Å². The molecule has 0 aliphatic carbocycles. The van der Waals surface area contributed by atoms with Gasteiger partial charge in [-0.05, 0) is 36.2 Å². The molecule has 0 spiro atoms. The molecule has 3 aromatic rings. The first-order valence-corrected chi connectivity index (χ1v) is 9.04. The molecule has 5 nitrogen and oxygen atoms in total. The molecule has 2 aromatic carbocycles. The van der Waals surface area contributed by atoms with Crippen molar-refractivity contribution in [3.8, 4) is 11.5 Å². The highest BCUT2D eigenvalue weighted by atomic mass is 19.3. The quantitative estimate of drug-likeness (QED) is 0.694. The van der Waals surface area contributed by atoms with E-state index in [1.807, 2.05) is 25.1 Å². The Labute approximate surface area is 155 Å². The average molecular weight is 373 g/mol. The molecule has 0 saturated heterocycles. The molecule has 0 saturated carbocycles. The van der Waals surface area contributed by atoms with Gasteiger partial charge in [0.2, 0.25) is 0 Å². The van der Waals surface area contributed by atoms with Gasteiger partial charge in [-0.2, -0.15) is 8.78 Å². The Morgan fingerprint density at radius 1 is 1.11 bits per heavy atom. The zero-order chi connectivity index (χ0) is 18.8. The van der Waals surface area contributed by atoms with Crippen LogP contribution in [-0.2, 0) is 6.54 Å². The van der Waals surface area contributed by atoms with Gasteiger partial charge in [0.05, 0.1) is 17.6 Å². The van der Waals surface area contributed by atoms with Crippen molar-refractivity contribution >= 4 is 11.0 Å². The number of para-hydroxylation sites is 2. The van der Waals surface area contributed by atoms with Crippen LogP contribution in [-0.4, -0.2) is 22.8 Å². The van der Waals surface area contributed by atoms with E-state index in [1.54, 1.807) is 24.3 Å². The summed E-state index contributed by atoms with van der Waals surface area (Å²) in [4.78, 5) is 4.38. The van der Waals surface area contributed by atoms with Gasteiger partial charge in [0, 0.05) is 6.04 Å². The molecule has 7 heteroatoms. The lowest BCUT2D eigenvalue weighted by molar-refractivity contribution is 0.0709. The van der Waals surface area contributed by atoms with Crippen LogP contribution in [0.4, 0.5) is 8.78 Å². The van der Waals surface area contributed by atoms with Crippen molar-refractivity contribution in [1.29, 1.82) is 0 Å². The second-order valence-corrected chi connectivity index (χ2v) is 6.41. The molecule has 142 valence electrons. The lowest BCUT2D eigenvalue weighted by Crippen LogP contribution is -2.23. The van der Waals surface area contributed by atoms with Gasteiger partial charge in [0.1, 0.15) is 19.0 Å². The summed E-state index contributed by atoms with van der Waals surface area (Å²) < 4.78 is 39.3. The summed E-state index contributed by atoms with van der Waals surface area (Å²) in [6, 6.07) is 12.8.